The first-order valence-electron chi connectivity index (χ1n) is 8.69. The van der Waals surface area contributed by atoms with Crippen molar-refractivity contribution in [3.63, 3.8) is 0 Å². The van der Waals surface area contributed by atoms with Crippen LogP contribution in [0.5, 0.6) is 0 Å². The highest BCUT2D eigenvalue weighted by molar-refractivity contribution is 7.75. The van der Waals surface area contributed by atoms with Crippen molar-refractivity contribution in [1.82, 2.24) is 0 Å². The molecule has 2 aromatic rings. The van der Waals surface area contributed by atoms with E-state index < -0.39 is 7.26 Å². The highest BCUT2D eigenvalue weighted by atomic mass is 31.2. The molecule has 2 aliphatic rings. The van der Waals surface area contributed by atoms with Gasteiger partial charge in [-0.05, 0) is 53.7 Å². The normalized spacial score (nSPS) is 21.1. The zero-order valence-electron chi connectivity index (χ0n) is 14.5. The van der Waals surface area contributed by atoms with Crippen molar-refractivity contribution in [2.75, 3.05) is 25.7 Å². The Kier molecular flexibility index (Phi) is 3.50. The van der Waals surface area contributed by atoms with Crippen LogP contribution in [0.25, 0.3) is 0 Å². The molecule has 118 valence electrons. The summed E-state index contributed by atoms with van der Waals surface area (Å²) in [6.07, 6.45) is 7.52. The topological polar surface area (TPSA) is 0 Å². The third kappa shape index (κ3) is 2.39. The molecular weight excluding hydrogens is 295 g/mol. The molecule has 0 unspecified atom stereocenters. The van der Waals surface area contributed by atoms with Crippen molar-refractivity contribution in [2.24, 2.45) is 0 Å². The number of benzene rings is 2. The standard InChI is InChI=1S/C22H26P/c1-22(19-14-15-23(2,3)16-19)20-10-6-4-8-17(20)12-13-18-9-5-7-11-21(18)22/h4-11,14H,12-13,15-16H2,1-3H3/q+1. The first kappa shape index (κ1) is 15.2. The molecule has 2 aromatic carbocycles. The van der Waals surface area contributed by atoms with Crippen molar-refractivity contribution >= 4 is 7.26 Å². The Morgan fingerprint density at radius 2 is 1.35 bits per heavy atom. The lowest BCUT2D eigenvalue weighted by Gasteiger charge is -2.34. The maximum Gasteiger partial charge on any atom is 0.0813 e. The van der Waals surface area contributed by atoms with Crippen LogP contribution in [0.4, 0.5) is 0 Å². The molecule has 0 spiro atoms. The molecule has 0 saturated carbocycles. The van der Waals surface area contributed by atoms with E-state index in [1.54, 1.807) is 5.57 Å². The average molecular weight is 321 g/mol. The summed E-state index contributed by atoms with van der Waals surface area (Å²) in [4.78, 5) is 0. The molecule has 1 heterocycles. The minimum atomic E-state index is -0.789. The van der Waals surface area contributed by atoms with Gasteiger partial charge in [-0.15, -0.1) is 0 Å². The molecule has 4 rings (SSSR count). The molecule has 0 bridgehead atoms. The molecule has 1 aliphatic heterocycles. The number of hydrogen-bond acceptors (Lipinski definition) is 0. The van der Waals surface area contributed by atoms with Crippen molar-refractivity contribution in [1.29, 1.82) is 0 Å². The molecule has 0 aromatic heterocycles. The van der Waals surface area contributed by atoms with Gasteiger partial charge in [-0.25, -0.2) is 0 Å². The Morgan fingerprint density at radius 1 is 0.826 bits per heavy atom. The second-order valence-corrected chi connectivity index (χ2v) is 12.5. The van der Waals surface area contributed by atoms with E-state index in [0.717, 1.165) is 12.8 Å². The van der Waals surface area contributed by atoms with Gasteiger partial charge in [0.15, 0.2) is 0 Å². The van der Waals surface area contributed by atoms with Crippen molar-refractivity contribution in [2.45, 2.75) is 25.2 Å². The van der Waals surface area contributed by atoms with Crippen LogP contribution in [0, 0.1) is 0 Å². The van der Waals surface area contributed by atoms with Gasteiger partial charge in [0.25, 0.3) is 0 Å². The van der Waals surface area contributed by atoms with E-state index >= 15 is 0 Å². The molecule has 1 heteroatoms. The van der Waals surface area contributed by atoms with Gasteiger partial charge in [0.2, 0.25) is 0 Å². The van der Waals surface area contributed by atoms with Gasteiger partial charge >= 0.3 is 0 Å². The minimum Gasteiger partial charge on any atom is -0.0620 e. The maximum absolute atomic E-state index is 2.58. The van der Waals surface area contributed by atoms with E-state index in [-0.39, 0.29) is 5.41 Å². The van der Waals surface area contributed by atoms with Crippen LogP contribution < -0.4 is 0 Å². The summed E-state index contributed by atoms with van der Waals surface area (Å²) < 4.78 is 0. The molecule has 0 fully saturated rings. The van der Waals surface area contributed by atoms with E-state index in [9.17, 15) is 0 Å². The number of rotatable bonds is 1. The van der Waals surface area contributed by atoms with Crippen molar-refractivity contribution in [3.05, 3.63) is 82.4 Å². The summed E-state index contributed by atoms with van der Waals surface area (Å²) >= 11 is 0. The first-order valence-corrected chi connectivity index (χ1v) is 11.7. The maximum atomic E-state index is 2.58. The fraction of sp³-hybridized carbons (Fsp3) is 0.364. The van der Waals surface area contributed by atoms with Crippen LogP contribution in [0.2, 0.25) is 0 Å². The van der Waals surface area contributed by atoms with E-state index in [0.29, 0.717) is 0 Å². The zero-order chi connectivity index (χ0) is 16.1. The molecule has 1 aliphatic carbocycles. The van der Waals surface area contributed by atoms with Crippen LogP contribution >= 0.6 is 7.26 Å². The number of hydrogen-bond donors (Lipinski definition) is 0. The average Bonchev–Trinajstić information content (AvgIpc) is 2.87. The summed E-state index contributed by atoms with van der Waals surface area (Å²) in [7, 11) is -0.789. The van der Waals surface area contributed by atoms with Gasteiger partial charge in [-0.1, -0.05) is 48.5 Å². The van der Waals surface area contributed by atoms with Crippen LogP contribution in [0.3, 0.4) is 0 Å². The summed E-state index contributed by atoms with van der Waals surface area (Å²) in [6, 6.07) is 18.3. The van der Waals surface area contributed by atoms with Crippen LogP contribution in [-0.4, -0.2) is 25.7 Å². The predicted octanol–water partition coefficient (Wildman–Crippen LogP) is 5.31. The van der Waals surface area contributed by atoms with Crippen LogP contribution in [-0.2, 0) is 18.3 Å². The molecular formula is C22H26P+. The molecule has 0 saturated heterocycles. The van der Waals surface area contributed by atoms with E-state index in [2.05, 4.69) is 74.9 Å². The van der Waals surface area contributed by atoms with E-state index in [1.807, 2.05) is 0 Å². The fourth-order valence-electron chi connectivity index (χ4n) is 4.52. The summed E-state index contributed by atoms with van der Waals surface area (Å²) in [5, 5.41) is 0. The van der Waals surface area contributed by atoms with Crippen molar-refractivity contribution < 1.29 is 0 Å². The predicted molar refractivity (Wildman–Crippen MR) is 103 cm³/mol. The molecule has 0 nitrogen and oxygen atoms in total. The lowest BCUT2D eigenvalue weighted by Crippen LogP contribution is -2.28. The number of fused-ring (bicyclic) bond motifs is 2. The fourth-order valence-corrected chi connectivity index (χ4v) is 6.73. The Bertz CT molecular complexity index is 735. The first-order chi connectivity index (χ1) is 11.0. The lowest BCUT2D eigenvalue weighted by molar-refractivity contribution is 0.672. The Morgan fingerprint density at radius 3 is 1.83 bits per heavy atom. The van der Waals surface area contributed by atoms with Gasteiger partial charge in [0.05, 0.1) is 12.3 Å². The summed E-state index contributed by atoms with van der Waals surface area (Å²) in [5.41, 5.74) is 7.87. The van der Waals surface area contributed by atoms with Crippen LogP contribution in [0.15, 0.2) is 60.2 Å². The number of aryl methyl sites for hydroxylation is 2. The Labute approximate surface area is 141 Å². The van der Waals surface area contributed by atoms with Gasteiger partial charge in [-0.2, -0.15) is 0 Å². The van der Waals surface area contributed by atoms with Gasteiger partial charge in [-0.3, -0.25) is 0 Å². The molecule has 0 amide bonds. The molecule has 0 N–H and O–H groups in total. The van der Waals surface area contributed by atoms with Gasteiger partial charge < -0.3 is 0 Å². The van der Waals surface area contributed by atoms with E-state index in [1.165, 1.54) is 34.6 Å². The smallest absolute Gasteiger partial charge is 0.0620 e. The highest BCUT2D eigenvalue weighted by Gasteiger charge is 2.44. The third-order valence-electron chi connectivity index (χ3n) is 5.85. The lowest BCUT2D eigenvalue weighted by atomic mass is 9.69. The monoisotopic (exact) mass is 321 g/mol. The molecule has 0 atom stereocenters. The third-order valence-corrected chi connectivity index (χ3v) is 8.22. The van der Waals surface area contributed by atoms with Gasteiger partial charge in [0, 0.05) is 26.0 Å². The second-order valence-electron chi connectivity index (χ2n) is 7.95. The Balaban J connectivity index is 1.97. The summed E-state index contributed by atoms with van der Waals surface area (Å²) in [6.45, 7) is 7.50. The highest BCUT2D eigenvalue weighted by Crippen LogP contribution is 2.61. The van der Waals surface area contributed by atoms with Crippen LogP contribution in [0.1, 0.15) is 29.2 Å². The quantitative estimate of drug-likeness (QED) is 0.493. The molecule has 0 radical (unpaired) electrons. The molecule has 23 heavy (non-hydrogen) atoms. The minimum absolute atomic E-state index is 0.0530. The van der Waals surface area contributed by atoms with Gasteiger partial charge in [0.1, 0.15) is 0 Å². The largest absolute Gasteiger partial charge is 0.0813 e. The Hall–Kier alpha value is -1.39. The zero-order valence-corrected chi connectivity index (χ0v) is 15.4. The SMILES string of the molecule is CC1(C2=CC[P+](C)(C)C2)c2ccccc2CCc2ccccc21. The second kappa shape index (κ2) is 5.32. The number of allylic oxidation sites excluding steroid dienone is 2. The van der Waals surface area contributed by atoms with Crippen molar-refractivity contribution in [3.8, 4) is 0 Å². The summed E-state index contributed by atoms with van der Waals surface area (Å²) in [5.74, 6) is 0. The van der Waals surface area contributed by atoms with E-state index in [4.69, 9.17) is 0 Å².